The molecular formula is C26H18N3+. The van der Waals surface area contributed by atoms with Crippen LogP contribution in [0.5, 0.6) is 0 Å². The quantitative estimate of drug-likeness (QED) is 0.191. The highest BCUT2D eigenvalue weighted by atomic mass is 15.0. The lowest BCUT2D eigenvalue weighted by Gasteiger charge is -2.16. The van der Waals surface area contributed by atoms with E-state index in [1.54, 1.807) is 0 Å². The number of rotatable bonds is 0. The van der Waals surface area contributed by atoms with Crippen LogP contribution in [0.4, 0.5) is 0 Å². The lowest BCUT2D eigenvalue weighted by Crippen LogP contribution is -2.30. The number of hydrogen-bond acceptors (Lipinski definition) is 1. The number of fused-ring (bicyclic) bond motifs is 7. The summed E-state index contributed by atoms with van der Waals surface area (Å²) >= 11 is 0. The molecule has 0 saturated heterocycles. The second-order valence-electron chi connectivity index (χ2n) is 8.06. The molecule has 29 heavy (non-hydrogen) atoms. The van der Waals surface area contributed by atoms with Crippen molar-refractivity contribution in [3.05, 3.63) is 78.6 Å². The lowest BCUT2D eigenvalue weighted by atomic mass is 9.95. The van der Waals surface area contributed by atoms with Gasteiger partial charge in [0.05, 0.1) is 23.5 Å². The Labute approximate surface area is 166 Å². The molecule has 0 radical (unpaired) electrons. The molecule has 7 rings (SSSR count). The average molecular weight is 372 g/mol. The molecule has 0 aliphatic rings. The first-order valence-electron chi connectivity index (χ1n) is 9.97. The van der Waals surface area contributed by atoms with E-state index >= 15 is 0 Å². The number of hydrogen-bond donors (Lipinski definition) is 0. The molecule has 136 valence electrons. The van der Waals surface area contributed by atoms with E-state index < -0.39 is 0 Å². The predicted octanol–water partition coefficient (Wildman–Crippen LogP) is 5.67. The Morgan fingerprint density at radius 2 is 1.59 bits per heavy atom. The molecular weight excluding hydrogens is 354 g/mol. The van der Waals surface area contributed by atoms with Crippen LogP contribution < -0.4 is 4.57 Å². The lowest BCUT2D eigenvalue weighted by molar-refractivity contribution is -0.647. The summed E-state index contributed by atoms with van der Waals surface area (Å²) < 4.78 is 4.63. The SMILES string of the molecule is Cc1ccc2cc3ccccc3c3c2c1c1c2c(nc[n+]1C)c1ccccc1n32. The van der Waals surface area contributed by atoms with Crippen LogP contribution in [-0.2, 0) is 7.05 Å². The third-order valence-electron chi connectivity index (χ3n) is 6.46. The van der Waals surface area contributed by atoms with Gasteiger partial charge in [-0.05, 0) is 46.4 Å². The molecule has 0 amide bonds. The largest absolute Gasteiger partial charge is 0.301 e. The van der Waals surface area contributed by atoms with Crippen LogP contribution in [0, 0.1) is 6.92 Å². The Morgan fingerprint density at radius 1 is 0.793 bits per heavy atom. The van der Waals surface area contributed by atoms with E-state index in [4.69, 9.17) is 4.98 Å². The first-order valence-corrected chi connectivity index (χ1v) is 9.97. The van der Waals surface area contributed by atoms with Crippen molar-refractivity contribution in [3.8, 4) is 0 Å². The molecule has 3 heterocycles. The van der Waals surface area contributed by atoms with Gasteiger partial charge in [-0.2, -0.15) is 0 Å². The van der Waals surface area contributed by atoms with Gasteiger partial charge in [0.25, 0.3) is 6.33 Å². The van der Waals surface area contributed by atoms with Crippen molar-refractivity contribution < 1.29 is 4.57 Å². The second-order valence-corrected chi connectivity index (χ2v) is 8.06. The summed E-state index contributed by atoms with van der Waals surface area (Å²) in [6.07, 6.45) is 1.96. The minimum atomic E-state index is 1.07. The van der Waals surface area contributed by atoms with Crippen molar-refractivity contribution in [1.82, 2.24) is 9.38 Å². The third kappa shape index (κ3) is 1.70. The van der Waals surface area contributed by atoms with Gasteiger partial charge in [0.1, 0.15) is 5.52 Å². The van der Waals surface area contributed by atoms with Crippen molar-refractivity contribution in [2.24, 2.45) is 7.05 Å². The van der Waals surface area contributed by atoms with Crippen LogP contribution in [0.3, 0.4) is 0 Å². The zero-order valence-corrected chi connectivity index (χ0v) is 16.3. The molecule has 0 fully saturated rings. The fourth-order valence-corrected chi connectivity index (χ4v) is 5.24. The van der Waals surface area contributed by atoms with Gasteiger partial charge in [-0.1, -0.05) is 48.5 Å². The normalized spacial score (nSPS) is 12.5. The topological polar surface area (TPSA) is 21.2 Å². The molecule has 0 unspecified atom stereocenters. The summed E-state index contributed by atoms with van der Waals surface area (Å²) in [5.74, 6) is 0. The van der Waals surface area contributed by atoms with Crippen molar-refractivity contribution in [1.29, 1.82) is 0 Å². The molecule has 7 aromatic rings. The summed E-state index contributed by atoms with van der Waals surface area (Å²) in [6, 6.07) is 24.2. The Morgan fingerprint density at radius 3 is 2.48 bits per heavy atom. The van der Waals surface area contributed by atoms with Crippen molar-refractivity contribution in [2.75, 3.05) is 0 Å². The van der Waals surface area contributed by atoms with Crippen molar-refractivity contribution in [2.45, 2.75) is 6.92 Å². The van der Waals surface area contributed by atoms with Gasteiger partial charge in [-0.3, -0.25) is 0 Å². The van der Waals surface area contributed by atoms with Crippen LogP contribution in [0.1, 0.15) is 5.56 Å². The number of nitrogens with zero attached hydrogens (tertiary/aromatic N) is 3. The summed E-state index contributed by atoms with van der Waals surface area (Å²) in [6.45, 7) is 2.22. The Balaban J connectivity index is 2.04. The number of aromatic nitrogens is 3. The van der Waals surface area contributed by atoms with E-state index in [9.17, 15) is 0 Å². The second kappa shape index (κ2) is 5.00. The maximum Gasteiger partial charge on any atom is 0.287 e. The van der Waals surface area contributed by atoms with Crippen LogP contribution in [0.15, 0.2) is 73.1 Å². The Kier molecular flexibility index (Phi) is 2.63. The number of para-hydroxylation sites is 1. The Hall–Kier alpha value is -3.72. The third-order valence-corrected chi connectivity index (χ3v) is 6.46. The van der Waals surface area contributed by atoms with Crippen LogP contribution >= 0.6 is 0 Å². The molecule has 0 spiro atoms. The number of aryl methyl sites for hydroxylation is 2. The minimum Gasteiger partial charge on any atom is -0.301 e. The molecule has 0 bridgehead atoms. The predicted molar refractivity (Wildman–Crippen MR) is 120 cm³/mol. The summed E-state index contributed by atoms with van der Waals surface area (Å²) in [5, 5.41) is 7.71. The van der Waals surface area contributed by atoms with Gasteiger partial charge in [0.15, 0.2) is 5.52 Å². The number of benzene rings is 4. The van der Waals surface area contributed by atoms with Gasteiger partial charge in [0, 0.05) is 16.2 Å². The highest BCUT2D eigenvalue weighted by Gasteiger charge is 2.25. The van der Waals surface area contributed by atoms with Crippen LogP contribution in [0.2, 0.25) is 0 Å². The molecule has 3 aromatic heterocycles. The standard InChI is InChI=1S/C26H18N3/c1-15-11-12-17-13-16-7-3-4-8-18(16)24-22(17)21(15)25-26-23(27-14-28(25)2)19-9-5-6-10-20(19)29(24)26/h3-14H,1-2H3/q+1. The average Bonchev–Trinajstić information content (AvgIpc) is 3.08. The van der Waals surface area contributed by atoms with Gasteiger partial charge < -0.3 is 4.40 Å². The summed E-state index contributed by atoms with van der Waals surface area (Å²) in [4.78, 5) is 4.86. The van der Waals surface area contributed by atoms with Crippen LogP contribution in [0.25, 0.3) is 59.9 Å². The minimum absolute atomic E-state index is 1.07. The highest BCUT2D eigenvalue weighted by molar-refractivity contribution is 6.29. The van der Waals surface area contributed by atoms with Crippen LogP contribution in [-0.4, -0.2) is 9.38 Å². The number of pyridine rings is 1. The zero-order valence-electron chi connectivity index (χ0n) is 16.3. The highest BCUT2D eigenvalue weighted by Crippen LogP contribution is 2.42. The maximum atomic E-state index is 4.86. The van der Waals surface area contributed by atoms with Crippen molar-refractivity contribution in [3.63, 3.8) is 0 Å². The van der Waals surface area contributed by atoms with E-state index in [1.165, 1.54) is 59.9 Å². The summed E-state index contributed by atoms with van der Waals surface area (Å²) in [7, 11) is 2.11. The Bertz CT molecular complexity index is 1770. The molecule has 0 aliphatic heterocycles. The monoisotopic (exact) mass is 372 g/mol. The molecule has 0 atom stereocenters. The van der Waals surface area contributed by atoms with E-state index in [2.05, 4.69) is 89.7 Å². The van der Waals surface area contributed by atoms with Gasteiger partial charge in [-0.15, -0.1) is 0 Å². The first kappa shape index (κ1) is 15.2. The molecule has 3 nitrogen and oxygen atoms in total. The van der Waals surface area contributed by atoms with E-state index in [-0.39, 0.29) is 0 Å². The van der Waals surface area contributed by atoms with E-state index in [0.29, 0.717) is 0 Å². The van der Waals surface area contributed by atoms with Crippen molar-refractivity contribution >= 4 is 59.9 Å². The summed E-state index contributed by atoms with van der Waals surface area (Å²) in [5.41, 5.74) is 7.32. The molecule has 4 aromatic carbocycles. The fourth-order valence-electron chi connectivity index (χ4n) is 5.24. The van der Waals surface area contributed by atoms with Gasteiger partial charge in [0.2, 0.25) is 5.52 Å². The van der Waals surface area contributed by atoms with Gasteiger partial charge >= 0.3 is 0 Å². The fraction of sp³-hybridized carbons (Fsp3) is 0.0769. The first-order chi connectivity index (χ1) is 14.2. The van der Waals surface area contributed by atoms with Gasteiger partial charge in [-0.25, -0.2) is 4.57 Å². The maximum absolute atomic E-state index is 4.86. The molecule has 0 aliphatic carbocycles. The molecule has 0 saturated carbocycles. The molecule has 3 heteroatoms. The zero-order chi connectivity index (χ0) is 19.3. The smallest absolute Gasteiger partial charge is 0.287 e. The molecule has 0 N–H and O–H groups in total. The van der Waals surface area contributed by atoms with E-state index in [1.807, 2.05) is 6.33 Å². The van der Waals surface area contributed by atoms with E-state index in [0.717, 1.165) is 5.52 Å².